The van der Waals surface area contributed by atoms with Crippen LogP contribution in [0.1, 0.15) is 118 Å². The highest BCUT2D eigenvalue weighted by molar-refractivity contribution is 5.95. The molecule has 2 saturated heterocycles. The normalized spacial score (nSPS) is 17.1. The highest BCUT2D eigenvalue weighted by Gasteiger charge is 2.35. The van der Waals surface area contributed by atoms with E-state index in [1.54, 1.807) is 17.9 Å². The first-order valence-corrected chi connectivity index (χ1v) is 21.6. The summed E-state index contributed by atoms with van der Waals surface area (Å²) >= 11 is 0. The Morgan fingerprint density at radius 1 is 0.742 bits per heavy atom. The largest absolute Gasteiger partial charge is 0.361 e. The molecule has 2 aliphatic heterocycles. The number of nitrogens with one attached hydrogen (secondary N) is 1. The molecule has 62 heavy (non-hydrogen) atoms. The minimum atomic E-state index is -0.318. The van der Waals surface area contributed by atoms with Crippen molar-refractivity contribution < 1.29 is 23.0 Å². The molecule has 0 spiro atoms. The monoisotopic (exact) mass is 842 g/mol. The van der Waals surface area contributed by atoms with Crippen molar-refractivity contribution >= 4 is 39.8 Å². The Morgan fingerprint density at radius 2 is 1.29 bits per heavy atom. The maximum atomic E-state index is 14.5. The average molecular weight is 843 g/mol. The lowest BCUT2D eigenvalue weighted by molar-refractivity contribution is -0.123. The number of imidazole rings is 2. The van der Waals surface area contributed by atoms with E-state index in [-0.39, 0.29) is 29.7 Å². The van der Waals surface area contributed by atoms with Crippen LogP contribution < -0.4 is 10.2 Å². The van der Waals surface area contributed by atoms with E-state index in [0.717, 1.165) is 111 Å². The first-order chi connectivity index (χ1) is 29.7. The van der Waals surface area contributed by atoms with Gasteiger partial charge >= 0.3 is 0 Å². The van der Waals surface area contributed by atoms with Crippen molar-refractivity contribution in [2.45, 2.75) is 126 Å². The molecule has 6 aromatic heterocycles. The Morgan fingerprint density at radius 3 is 1.81 bits per heavy atom. The Hall–Kier alpha value is -6.25. The van der Waals surface area contributed by atoms with Gasteiger partial charge in [0.25, 0.3) is 0 Å². The first-order valence-electron chi connectivity index (χ1n) is 21.6. The summed E-state index contributed by atoms with van der Waals surface area (Å²) in [5, 5.41) is 11.2. The summed E-state index contributed by atoms with van der Waals surface area (Å²) in [6.07, 6.45) is 8.02. The van der Waals surface area contributed by atoms with Crippen LogP contribution in [0.2, 0.25) is 0 Å². The van der Waals surface area contributed by atoms with Crippen molar-refractivity contribution in [3.05, 3.63) is 88.7 Å². The van der Waals surface area contributed by atoms with Gasteiger partial charge < -0.3 is 28.4 Å². The van der Waals surface area contributed by atoms with Crippen LogP contribution >= 0.6 is 0 Å². The number of carbonyl (C=O) groups is 2. The summed E-state index contributed by atoms with van der Waals surface area (Å²) < 4.78 is 29.4. The van der Waals surface area contributed by atoms with Crippen molar-refractivity contribution in [1.82, 2.24) is 44.7 Å². The Bertz CT molecular complexity index is 2760. The second kappa shape index (κ2) is 17.3. The molecule has 2 aliphatic rings. The quantitative estimate of drug-likeness (QED) is 0.148. The molecule has 0 radical (unpaired) electrons. The number of fused-ring (bicyclic) bond motifs is 2. The number of carbonyl (C=O) groups excluding carboxylic acids is 2. The number of benzene rings is 1. The number of aryl methyl sites for hydroxylation is 5. The summed E-state index contributed by atoms with van der Waals surface area (Å²) in [5.41, 5.74) is 9.72. The van der Waals surface area contributed by atoms with Crippen LogP contribution in [-0.4, -0.2) is 51.2 Å². The fraction of sp³-hybridized carbons (Fsp3) is 0.447. The molecule has 2 fully saturated rings. The minimum Gasteiger partial charge on any atom is -0.361 e. The molecule has 0 saturated carbocycles. The highest BCUT2D eigenvalue weighted by Crippen LogP contribution is 2.39. The number of hydrogen-bond acceptors (Lipinski definition) is 10. The van der Waals surface area contributed by atoms with E-state index in [4.69, 9.17) is 29.0 Å². The maximum Gasteiger partial charge on any atom is 0.227 e. The van der Waals surface area contributed by atoms with Gasteiger partial charge in [0.05, 0.1) is 23.5 Å². The number of rotatable bonds is 9. The zero-order valence-corrected chi connectivity index (χ0v) is 37.0. The van der Waals surface area contributed by atoms with Crippen molar-refractivity contribution in [2.24, 2.45) is 11.8 Å². The molecule has 7 aromatic rings. The smallest absolute Gasteiger partial charge is 0.227 e. The van der Waals surface area contributed by atoms with Gasteiger partial charge in [0.15, 0.2) is 11.3 Å². The fourth-order valence-corrected chi connectivity index (χ4v) is 8.90. The van der Waals surface area contributed by atoms with Gasteiger partial charge in [0.2, 0.25) is 11.8 Å². The molecule has 0 bridgehead atoms. The van der Waals surface area contributed by atoms with Gasteiger partial charge in [0.1, 0.15) is 40.0 Å². The lowest BCUT2D eigenvalue weighted by Crippen LogP contribution is -2.39. The van der Waals surface area contributed by atoms with Gasteiger partial charge in [-0.15, -0.1) is 0 Å². The summed E-state index contributed by atoms with van der Waals surface area (Å²) in [6.45, 7) is 19.5. The van der Waals surface area contributed by atoms with Gasteiger partial charge in [-0.1, -0.05) is 44.1 Å². The average Bonchev–Trinajstić information content (AvgIpc) is 3.97. The van der Waals surface area contributed by atoms with E-state index in [0.29, 0.717) is 42.5 Å². The fourth-order valence-electron chi connectivity index (χ4n) is 8.90. The Labute approximate surface area is 360 Å². The van der Waals surface area contributed by atoms with Gasteiger partial charge in [-0.2, -0.15) is 0 Å². The van der Waals surface area contributed by atoms with E-state index >= 15 is 0 Å². The van der Waals surface area contributed by atoms with Gasteiger partial charge in [-0.05, 0) is 102 Å². The van der Waals surface area contributed by atoms with Crippen LogP contribution in [0.4, 0.5) is 10.1 Å². The lowest BCUT2D eigenvalue weighted by Gasteiger charge is -2.35. The minimum absolute atomic E-state index is 0.0166. The topological polar surface area (TPSA) is 163 Å². The van der Waals surface area contributed by atoms with Crippen molar-refractivity contribution in [2.75, 3.05) is 4.90 Å². The third kappa shape index (κ3) is 8.24. The molecule has 8 heterocycles. The van der Waals surface area contributed by atoms with E-state index in [1.165, 1.54) is 6.07 Å². The molecule has 324 valence electrons. The van der Waals surface area contributed by atoms with Crippen LogP contribution in [0, 0.1) is 52.3 Å². The van der Waals surface area contributed by atoms with Crippen molar-refractivity contribution in [1.29, 1.82) is 0 Å². The first kappa shape index (κ1) is 42.4. The molecule has 0 aliphatic carbocycles. The zero-order valence-electron chi connectivity index (χ0n) is 37.0. The number of piperidine rings is 2. The SMILES string of the molecule is Cc1ccc(N2C(=O)CCC[C@H]2c2nc3cc(-c4c(C)noc4C)cnc3n2CC(C)C)cc1F.Cc1noc(C)c1-c1cnc2c(c1)nc([C@@H]1CCCC(=O)N1)n2CC(C)C. The van der Waals surface area contributed by atoms with Crippen molar-refractivity contribution in [3.8, 4) is 22.3 Å². The van der Waals surface area contributed by atoms with Gasteiger partial charge in [-0.3, -0.25) is 9.59 Å². The molecule has 1 N–H and O–H groups in total. The van der Waals surface area contributed by atoms with Crippen molar-refractivity contribution in [3.63, 3.8) is 0 Å². The summed E-state index contributed by atoms with van der Waals surface area (Å²) in [7, 11) is 0. The second-order valence-electron chi connectivity index (χ2n) is 17.6. The third-order valence-electron chi connectivity index (χ3n) is 11.7. The van der Waals surface area contributed by atoms with E-state index in [9.17, 15) is 14.0 Å². The molecule has 9 rings (SSSR count). The predicted octanol–water partition coefficient (Wildman–Crippen LogP) is 9.77. The number of nitrogens with zero attached hydrogens (tertiary/aromatic N) is 9. The number of hydrogen-bond donors (Lipinski definition) is 1. The molecule has 1 aromatic carbocycles. The Balaban J connectivity index is 0.000000176. The molecule has 2 amide bonds. The molecular formula is C47H55FN10O4. The standard InChI is InChI=1S/C27H30FN5O2.C20H25N5O2/c1-15(2)14-32-26-22(11-19(13-29-26)25-17(4)31-35-18(25)5)30-27(32)23-7-6-8-24(34)33(23)20-10-9-16(3)21(28)12-20;1-11(2)10-25-19-16(23-20(25)15-6-5-7-17(26)22-15)8-14(9-21-19)18-12(3)24-27-13(18)4/h9-13,15,23H,6-8,14H2,1-5H3;8-9,11,15H,5-7,10H2,1-4H3,(H,22,26)/t23-;15-/m00/s1. The molecule has 14 nitrogen and oxygen atoms in total. The molecular weight excluding hydrogens is 788 g/mol. The highest BCUT2D eigenvalue weighted by atomic mass is 19.1. The van der Waals surface area contributed by atoms with E-state index in [2.05, 4.69) is 52.5 Å². The van der Waals surface area contributed by atoms with Crippen LogP contribution in [0.15, 0.2) is 51.8 Å². The molecule has 15 heteroatoms. The van der Waals surface area contributed by atoms with Crippen LogP contribution in [0.5, 0.6) is 0 Å². The van der Waals surface area contributed by atoms with Crippen LogP contribution in [-0.2, 0) is 22.7 Å². The summed E-state index contributed by atoms with van der Waals surface area (Å²) in [6, 6.07) is 8.69. The predicted molar refractivity (Wildman–Crippen MR) is 235 cm³/mol. The maximum absolute atomic E-state index is 14.5. The summed E-state index contributed by atoms with van der Waals surface area (Å²) in [4.78, 5) is 46.2. The number of amides is 2. The number of aromatic nitrogens is 8. The van der Waals surface area contributed by atoms with Crippen LogP contribution in [0.25, 0.3) is 44.6 Å². The lowest BCUT2D eigenvalue weighted by atomic mass is 9.99. The van der Waals surface area contributed by atoms with E-state index in [1.807, 2.05) is 58.3 Å². The van der Waals surface area contributed by atoms with Gasteiger partial charge in [0, 0.05) is 66.3 Å². The number of anilines is 1. The molecule has 0 unspecified atom stereocenters. The van der Waals surface area contributed by atoms with Gasteiger partial charge in [-0.25, -0.2) is 24.3 Å². The third-order valence-corrected chi connectivity index (χ3v) is 11.7. The summed E-state index contributed by atoms with van der Waals surface area (Å²) in [5.74, 6) is 3.74. The Kier molecular flexibility index (Phi) is 11.8. The zero-order chi connectivity index (χ0) is 44.0. The molecule has 2 atom stereocenters. The van der Waals surface area contributed by atoms with Crippen LogP contribution in [0.3, 0.4) is 0 Å². The second-order valence-corrected chi connectivity index (χ2v) is 17.6. The number of halogens is 1. The van der Waals surface area contributed by atoms with E-state index < -0.39 is 0 Å². The number of pyridine rings is 2.